The highest BCUT2D eigenvalue weighted by Gasteiger charge is 2.19. The van der Waals surface area contributed by atoms with Crippen LogP contribution in [0.1, 0.15) is 45.2 Å². The first kappa shape index (κ1) is 17.2. The van der Waals surface area contributed by atoms with E-state index in [9.17, 15) is 0 Å². The Labute approximate surface area is 124 Å². The van der Waals surface area contributed by atoms with Crippen molar-refractivity contribution < 1.29 is 4.74 Å². The summed E-state index contributed by atoms with van der Waals surface area (Å²) in [6, 6.07) is 9.17. The minimum absolute atomic E-state index is 0.219. The van der Waals surface area contributed by atoms with Crippen LogP contribution in [0.3, 0.4) is 0 Å². The summed E-state index contributed by atoms with van der Waals surface area (Å²) in [7, 11) is 1.74. The number of hydrogen-bond donors (Lipinski definition) is 1. The second-order valence-corrected chi connectivity index (χ2v) is 6.67. The number of benzene rings is 1. The van der Waals surface area contributed by atoms with Gasteiger partial charge in [-0.05, 0) is 41.8 Å². The standard InChI is InChI=1S/C18H31NO/c1-15(2)14-16-6-8-17(9-7-16)18(3,4)10-11-19-12-13-20-5/h6-9,15,19H,10-14H2,1-5H3. The van der Waals surface area contributed by atoms with E-state index in [2.05, 4.69) is 57.3 Å². The highest BCUT2D eigenvalue weighted by Crippen LogP contribution is 2.27. The van der Waals surface area contributed by atoms with Crippen LogP contribution in [-0.4, -0.2) is 26.8 Å². The van der Waals surface area contributed by atoms with Gasteiger partial charge in [-0.15, -0.1) is 0 Å². The molecular weight excluding hydrogens is 246 g/mol. The molecule has 0 radical (unpaired) electrons. The molecule has 20 heavy (non-hydrogen) atoms. The number of ether oxygens (including phenoxy) is 1. The lowest BCUT2D eigenvalue weighted by atomic mass is 9.81. The zero-order valence-corrected chi connectivity index (χ0v) is 13.8. The molecule has 0 spiro atoms. The lowest BCUT2D eigenvalue weighted by Crippen LogP contribution is -2.27. The van der Waals surface area contributed by atoms with Crippen molar-refractivity contribution in [2.45, 2.75) is 46.0 Å². The van der Waals surface area contributed by atoms with E-state index in [0.29, 0.717) is 0 Å². The molecule has 0 aliphatic rings. The van der Waals surface area contributed by atoms with Crippen LogP contribution >= 0.6 is 0 Å². The number of rotatable bonds is 9. The van der Waals surface area contributed by atoms with Crippen LogP contribution in [0, 0.1) is 5.92 Å². The smallest absolute Gasteiger partial charge is 0.0587 e. The van der Waals surface area contributed by atoms with E-state index in [-0.39, 0.29) is 5.41 Å². The lowest BCUT2D eigenvalue weighted by Gasteiger charge is -2.26. The van der Waals surface area contributed by atoms with Gasteiger partial charge in [0.25, 0.3) is 0 Å². The molecule has 0 aromatic heterocycles. The van der Waals surface area contributed by atoms with Gasteiger partial charge in [0.2, 0.25) is 0 Å². The number of nitrogens with one attached hydrogen (secondary N) is 1. The topological polar surface area (TPSA) is 21.3 Å². The first-order valence-corrected chi connectivity index (χ1v) is 7.75. The Kier molecular flexibility index (Phi) is 7.25. The molecule has 0 atom stereocenters. The van der Waals surface area contributed by atoms with Gasteiger partial charge in [0.05, 0.1) is 6.61 Å². The molecular formula is C18H31NO. The normalized spacial score (nSPS) is 12.1. The Morgan fingerprint density at radius 2 is 1.75 bits per heavy atom. The molecule has 0 saturated heterocycles. The van der Waals surface area contributed by atoms with Crippen LogP contribution in [0.5, 0.6) is 0 Å². The van der Waals surface area contributed by atoms with Crippen molar-refractivity contribution in [3.8, 4) is 0 Å². The molecule has 1 aromatic rings. The zero-order chi connectivity index (χ0) is 15.0. The summed E-state index contributed by atoms with van der Waals surface area (Å²) in [5.41, 5.74) is 3.09. The van der Waals surface area contributed by atoms with E-state index in [1.165, 1.54) is 17.5 Å². The third-order valence-corrected chi connectivity index (χ3v) is 3.79. The molecule has 0 aliphatic carbocycles. The summed E-state index contributed by atoms with van der Waals surface area (Å²) in [5.74, 6) is 0.721. The average molecular weight is 277 g/mol. The summed E-state index contributed by atoms with van der Waals surface area (Å²) in [4.78, 5) is 0. The van der Waals surface area contributed by atoms with E-state index in [4.69, 9.17) is 4.74 Å². The van der Waals surface area contributed by atoms with E-state index in [0.717, 1.165) is 32.0 Å². The predicted octanol–water partition coefficient (Wildman–Crippen LogP) is 3.79. The highest BCUT2D eigenvalue weighted by atomic mass is 16.5. The molecule has 114 valence electrons. The van der Waals surface area contributed by atoms with Crippen molar-refractivity contribution >= 4 is 0 Å². The van der Waals surface area contributed by atoms with Crippen molar-refractivity contribution in [3.63, 3.8) is 0 Å². The van der Waals surface area contributed by atoms with Gasteiger partial charge in [-0.25, -0.2) is 0 Å². The van der Waals surface area contributed by atoms with Crippen LogP contribution in [-0.2, 0) is 16.6 Å². The van der Waals surface area contributed by atoms with E-state index < -0.39 is 0 Å². The fourth-order valence-electron chi connectivity index (χ4n) is 2.41. The first-order valence-electron chi connectivity index (χ1n) is 7.75. The molecule has 1 N–H and O–H groups in total. The molecule has 0 saturated carbocycles. The quantitative estimate of drug-likeness (QED) is 0.693. The second-order valence-electron chi connectivity index (χ2n) is 6.67. The van der Waals surface area contributed by atoms with E-state index >= 15 is 0 Å². The summed E-state index contributed by atoms with van der Waals surface area (Å²) in [6.07, 6.45) is 2.31. The SMILES string of the molecule is COCCNCCC(C)(C)c1ccc(CC(C)C)cc1. The maximum Gasteiger partial charge on any atom is 0.0587 e. The summed E-state index contributed by atoms with van der Waals surface area (Å²) < 4.78 is 5.04. The van der Waals surface area contributed by atoms with Crippen LogP contribution in [0.4, 0.5) is 0 Å². The molecule has 1 aromatic carbocycles. The van der Waals surface area contributed by atoms with Crippen molar-refractivity contribution in [1.29, 1.82) is 0 Å². The lowest BCUT2D eigenvalue weighted by molar-refractivity contribution is 0.198. The third-order valence-electron chi connectivity index (χ3n) is 3.79. The average Bonchev–Trinajstić information content (AvgIpc) is 2.38. The number of hydrogen-bond acceptors (Lipinski definition) is 2. The minimum Gasteiger partial charge on any atom is -0.383 e. The molecule has 0 bridgehead atoms. The van der Waals surface area contributed by atoms with Gasteiger partial charge < -0.3 is 10.1 Å². The van der Waals surface area contributed by atoms with Gasteiger partial charge in [-0.3, -0.25) is 0 Å². The molecule has 2 heteroatoms. The molecule has 0 unspecified atom stereocenters. The second kappa shape index (κ2) is 8.43. The maximum atomic E-state index is 5.04. The molecule has 0 fully saturated rings. The Morgan fingerprint density at radius 1 is 1.10 bits per heavy atom. The van der Waals surface area contributed by atoms with Crippen molar-refractivity contribution in [2.24, 2.45) is 5.92 Å². The minimum atomic E-state index is 0.219. The van der Waals surface area contributed by atoms with Crippen LogP contribution < -0.4 is 5.32 Å². The van der Waals surface area contributed by atoms with Gasteiger partial charge in [0, 0.05) is 13.7 Å². The summed E-state index contributed by atoms with van der Waals surface area (Å²) in [5, 5.41) is 3.42. The van der Waals surface area contributed by atoms with Crippen molar-refractivity contribution in [3.05, 3.63) is 35.4 Å². The Bertz CT molecular complexity index is 368. The van der Waals surface area contributed by atoms with Crippen molar-refractivity contribution in [2.75, 3.05) is 26.8 Å². The van der Waals surface area contributed by atoms with Gasteiger partial charge in [0.15, 0.2) is 0 Å². The van der Waals surface area contributed by atoms with Crippen LogP contribution in [0.25, 0.3) is 0 Å². The summed E-state index contributed by atoms with van der Waals surface area (Å²) >= 11 is 0. The highest BCUT2D eigenvalue weighted by molar-refractivity contribution is 5.28. The van der Waals surface area contributed by atoms with E-state index in [1.807, 2.05) is 0 Å². The summed E-state index contributed by atoms with van der Waals surface area (Å²) in [6.45, 7) is 11.9. The van der Waals surface area contributed by atoms with Crippen molar-refractivity contribution in [1.82, 2.24) is 5.32 Å². The number of methoxy groups -OCH3 is 1. The molecule has 0 aliphatic heterocycles. The van der Waals surface area contributed by atoms with Crippen LogP contribution in [0.15, 0.2) is 24.3 Å². The van der Waals surface area contributed by atoms with Gasteiger partial charge in [-0.2, -0.15) is 0 Å². The van der Waals surface area contributed by atoms with Gasteiger partial charge in [-0.1, -0.05) is 52.0 Å². The predicted molar refractivity (Wildman–Crippen MR) is 87.4 cm³/mol. The molecule has 2 nitrogen and oxygen atoms in total. The van der Waals surface area contributed by atoms with E-state index in [1.54, 1.807) is 7.11 Å². The molecule has 1 rings (SSSR count). The monoisotopic (exact) mass is 277 g/mol. The van der Waals surface area contributed by atoms with Gasteiger partial charge in [0.1, 0.15) is 0 Å². The Balaban J connectivity index is 2.49. The third kappa shape index (κ3) is 6.06. The van der Waals surface area contributed by atoms with Crippen LogP contribution in [0.2, 0.25) is 0 Å². The zero-order valence-electron chi connectivity index (χ0n) is 13.8. The fourth-order valence-corrected chi connectivity index (χ4v) is 2.41. The molecule has 0 amide bonds. The molecule has 0 heterocycles. The maximum absolute atomic E-state index is 5.04. The Morgan fingerprint density at radius 3 is 2.30 bits per heavy atom. The fraction of sp³-hybridized carbons (Fsp3) is 0.667. The largest absolute Gasteiger partial charge is 0.383 e. The first-order chi connectivity index (χ1) is 9.45. The van der Waals surface area contributed by atoms with Gasteiger partial charge >= 0.3 is 0 Å². The Hall–Kier alpha value is -0.860.